The van der Waals surface area contributed by atoms with Gasteiger partial charge in [-0.1, -0.05) is 0 Å². The summed E-state index contributed by atoms with van der Waals surface area (Å²) in [6, 6.07) is 1.90. The van der Waals surface area contributed by atoms with Crippen molar-refractivity contribution in [3.05, 3.63) is 53.4 Å². The Morgan fingerprint density at radius 1 is 1.06 bits per heavy atom. The molecule has 0 bridgehead atoms. The van der Waals surface area contributed by atoms with Gasteiger partial charge < -0.3 is 5.32 Å². The molecule has 5 rings (SSSR count). The molecule has 0 aromatic carbocycles. The average molecular weight is 426 g/mol. The van der Waals surface area contributed by atoms with E-state index < -0.39 is 22.9 Å². The molecule has 1 aliphatic rings. The first-order chi connectivity index (χ1) is 14.7. The highest BCUT2D eigenvalue weighted by molar-refractivity contribution is 6.04. The molecule has 31 heavy (non-hydrogen) atoms. The third kappa shape index (κ3) is 2.98. The van der Waals surface area contributed by atoms with Gasteiger partial charge in [0.2, 0.25) is 11.7 Å². The second-order valence-corrected chi connectivity index (χ2v) is 7.52. The maximum Gasteiger partial charge on any atom is 0.237 e. The lowest BCUT2D eigenvalue weighted by Gasteiger charge is -2.11. The van der Waals surface area contributed by atoms with Crippen molar-refractivity contribution in [2.24, 2.45) is 0 Å². The van der Waals surface area contributed by atoms with Crippen molar-refractivity contribution in [2.45, 2.75) is 25.8 Å². The first-order valence-corrected chi connectivity index (χ1v) is 9.13. The van der Waals surface area contributed by atoms with Gasteiger partial charge in [-0.2, -0.15) is 5.10 Å². The van der Waals surface area contributed by atoms with Crippen molar-refractivity contribution in [3.63, 3.8) is 0 Å². The fourth-order valence-corrected chi connectivity index (χ4v) is 3.32. The predicted octanol–water partition coefficient (Wildman–Crippen LogP) is 2.37. The van der Waals surface area contributed by atoms with Crippen LogP contribution in [0.5, 0.6) is 0 Å². The molecular weight excluding hydrogens is 413 g/mol. The molecule has 0 saturated heterocycles. The largest absolute Gasteiger partial charge is 0.308 e. The smallest absolute Gasteiger partial charge is 0.237 e. The Morgan fingerprint density at radius 2 is 1.81 bits per heavy atom. The Balaban J connectivity index is 1.64. The van der Waals surface area contributed by atoms with Gasteiger partial charge in [-0.05, 0) is 19.9 Å². The van der Waals surface area contributed by atoms with Crippen LogP contribution in [0.3, 0.4) is 0 Å². The average Bonchev–Trinajstić information content (AvgIpc) is 3.17. The van der Waals surface area contributed by atoms with Crippen LogP contribution in [-0.4, -0.2) is 40.8 Å². The lowest BCUT2D eigenvalue weighted by molar-refractivity contribution is -0.119. The number of carbonyl (C=O) groups excluding carboxylic acids is 1. The van der Waals surface area contributed by atoms with Gasteiger partial charge in [-0.3, -0.25) is 9.78 Å². The lowest BCUT2D eigenvalue weighted by Crippen LogP contribution is -2.27. The summed E-state index contributed by atoms with van der Waals surface area (Å²) in [7, 11) is 0. The summed E-state index contributed by atoms with van der Waals surface area (Å²) >= 11 is 0. The molecule has 0 radical (unpaired) electrons. The molecule has 0 saturated carbocycles. The molecule has 0 fully saturated rings. The number of fused-ring (bicyclic) bond motifs is 2. The Hall–Kier alpha value is -3.96. The number of carbonyl (C=O) groups is 1. The van der Waals surface area contributed by atoms with E-state index in [1.807, 2.05) is 0 Å². The molecule has 0 unspecified atom stereocenters. The zero-order chi connectivity index (χ0) is 21.9. The van der Waals surface area contributed by atoms with Crippen LogP contribution < -0.4 is 5.32 Å². The summed E-state index contributed by atoms with van der Waals surface area (Å²) in [5, 5.41) is 15.4. The van der Waals surface area contributed by atoms with Gasteiger partial charge in [-0.25, -0.2) is 27.8 Å². The van der Waals surface area contributed by atoms with Crippen molar-refractivity contribution < 1.29 is 18.0 Å². The van der Waals surface area contributed by atoms with Crippen LogP contribution in [0.1, 0.15) is 25.2 Å². The van der Waals surface area contributed by atoms with Crippen LogP contribution in [0.4, 0.5) is 19.0 Å². The van der Waals surface area contributed by atoms with Crippen molar-refractivity contribution in [3.8, 4) is 11.5 Å². The third-order valence-corrected chi connectivity index (χ3v) is 5.03. The second-order valence-electron chi connectivity index (χ2n) is 7.52. The summed E-state index contributed by atoms with van der Waals surface area (Å²) in [6.45, 7) is 3.19. The molecular formula is C19H13F3N8O. The molecule has 9 nitrogen and oxygen atoms in total. The third-order valence-electron chi connectivity index (χ3n) is 5.03. The van der Waals surface area contributed by atoms with E-state index in [0.717, 1.165) is 12.4 Å². The van der Waals surface area contributed by atoms with E-state index in [4.69, 9.17) is 0 Å². The number of hydrogen-bond donors (Lipinski definition) is 1. The van der Waals surface area contributed by atoms with Crippen molar-refractivity contribution >= 4 is 22.8 Å². The van der Waals surface area contributed by atoms with Crippen LogP contribution in [0.25, 0.3) is 22.6 Å². The zero-order valence-electron chi connectivity index (χ0n) is 16.2. The molecule has 1 aliphatic heterocycles. The maximum absolute atomic E-state index is 14.1. The fourth-order valence-electron chi connectivity index (χ4n) is 3.32. The van der Waals surface area contributed by atoms with Crippen LogP contribution in [-0.2, 0) is 16.8 Å². The highest BCUT2D eigenvalue weighted by Crippen LogP contribution is 2.35. The van der Waals surface area contributed by atoms with Crippen molar-refractivity contribution in [2.75, 3.05) is 5.32 Å². The fraction of sp³-hybridized carbons (Fsp3) is 0.211. The molecule has 1 N–H and O–H groups in total. The number of nitrogens with one attached hydrogen (secondary N) is 1. The number of hydrogen-bond acceptors (Lipinski definition) is 7. The van der Waals surface area contributed by atoms with Crippen molar-refractivity contribution in [1.29, 1.82) is 0 Å². The number of pyridine rings is 2. The molecule has 1 amide bonds. The highest BCUT2D eigenvalue weighted by atomic mass is 19.1. The zero-order valence-corrected chi connectivity index (χ0v) is 16.2. The monoisotopic (exact) mass is 426 g/mol. The minimum atomic E-state index is -0.894. The maximum atomic E-state index is 14.1. The van der Waals surface area contributed by atoms with E-state index in [2.05, 4.69) is 35.6 Å². The minimum Gasteiger partial charge on any atom is -0.308 e. The summed E-state index contributed by atoms with van der Waals surface area (Å²) in [6.07, 6.45) is 1.87. The first kappa shape index (κ1) is 19.0. The molecule has 0 aliphatic carbocycles. The second kappa shape index (κ2) is 6.52. The SMILES string of the molecule is CC1(C)C(=O)Nc2nc(-c3nn(Cc4ncc(F)cc4F)c4ncc(F)cc34)nnc21. The summed E-state index contributed by atoms with van der Waals surface area (Å²) in [5.41, 5.74) is -0.235. The minimum absolute atomic E-state index is 0.0282. The molecule has 0 spiro atoms. The van der Waals surface area contributed by atoms with Gasteiger partial charge in [0.1, 0.15) is 28.8 Å². The molecule has 156 valence electrons. The van der Waals surface area contributed by atoms with Gasteiger partial charge in [-0.15, -0.1) is 10.2 Å². The quantitative estimate of drug-likeness (QED) is 0.535. The van der Waals surface area contributed by atoms with E-state index in [1.54, 1.807) is 13.8 Å². The van der Waals surface area contributed by atoms with Crippen LogP contribution in [0.15, 0.2) is 24.5 Å². The van der Waals surface area contributed by atoms with Gasteiger partial charge in [0.25, 0.3) is 0 Å². The van der Waals surface area contributed by atoms with Crippen LogP contribution in [0.2, 0.25) is 0 Å². The van der Waals surface area contributed by atoms with E-state index in [1.165, 1.54) is 10.7 Å². The summed E-state index contributed by atoms with van der Waals surface area (Å²) < 4.78 is 42.5. The summed E-state index contributed by atoms with van der Waals surface area (Å²) in [5.74, 6) is -2.30. The number of amides is 1. The number of rotatable bonds is 3. The molecule has 5 heterocycles. The number of halogens is 3. The number of aromatic nitrogens is 7. The number of nitrogens with zero attached hydrogens (tertiary/aromatic N) is 7. The van der Waals surface area contributed by atoms with Gasteiger partial charge in [0, 0.05) is 6.07 Å². The Labute approximate surface area is 172 Å². The normalized spacial score (nSPS) is 14.7. The van der Waals surface area contributed by atoms with Gasteiger partial charge >= 0.3 is 0 Å². The Bertz CT molecular complexity index is 1380. The van der Waals surface area contributed by atoms with Crippen molar-refractivity contribution in [1.82, 2.24) is 34.9 Å². The van der Waals surface area contributed by atoms with E-state index in [-0.39, 0.29) is 46.5 Å². The van der Waals surface area contributed by atoms with E-state index in [9.17, 15) is 18.0 Å². The van der Waals surface area contributed by atoms with Crippen LogP contribution >= 0.6 is 0 Å². The lowest BCUT2D eigenvalue weighted by atomic mass is 9.91. The standard InChI is InChI=1S/C19H13F3N8O/c1-19(2)14-16(26-18(19)31)25-15(28-27-14)13-10-3-8(20)6-24-17(10)30(29-13)7-12-11(22)4-9(21)5-23-12/h3-6H,7H2,1-2H3,(H,25,26,28,31). The number of anilines is 1. The molecule has 0 atom stereocenters. The highest BCUT2D eigenvalue weighted by Gasteiger charge is 2.42. The Kier molecular flexibility index (Phi) is 4.00. The first-order valence-electron chi connectivity index (χ1n) is 9.13. The Morgan fingerprint density at radius 3 is 2.58 bits per heavy atom. The van der Waals surface area contributed by atoms with Crippen LogP contribution in [0, 0.1) is 17.5 Å². The molecule has 12 heteroatoms. The predicted molar refractivity (Wildman–Crippen MR) is 101 cm³/mol. The molecule has 4 aromatic rings. The topological polar surface area (TPSA) is 111 Å². The van der Waals surface area contributed by atoms with Gasteiger partial charge in [0.05, 0.1) is 35.4 Å². The van der Waals surface area contributed by atoms with Gasteiger partial charge in [0.15, 0.2) is 11.5 Å². The molecule has 4 aromatic heterocycles. The van der Waals surface area contributed by atoms with E-state index >= 15 is 0 Å². The van der Waals surface area contributed by atoms with E-state index in [0.29, 0.717) is 11.8 Å². The summed E-state index contributed by atoms with van der Waals surface area (Å²) in [4.78, 5) is 24.3.